The van der Waals surface area contributed by atoms with Crippen molar-refractivity contribution in [2.75, 3.05) is 5.32 Å². The quantitative estimate of drug-likeness (QED) is 0.919. The predicted octanol–water partition coefficient (Wildman–Crippen LogP) is 3.40. The van der Waals surface area contributed by atoms with Gasteiger partial charge in [0.25, 0.3) is 5.91 Å². The number of amides is 1. The van der Waals surface area contributed by atoms with Crippen LogP contribution in [0.15, 0.2) is 30.5 Å². The zero-order chi connectivity index (χ0) is 14.0. The lowest BCUT2D eigenvalue weighted by Crippen LogP contribution is -2.17. The molecule has 0 saturated carbocycles. The molecule has 1 heterocycles. The van der Waals surface area contributed by atoms with Crippen LogP contribution in [0.4, 0.5) is 19.0 Å². The fraction of sp³-hybridized carbons (Fsp3) is 0. The number of carbonyl (C=O) groups excluding carboxylic acids is 1. The molecule has 2 aromatic rings. The monoisotopic (exact) mass is 286 g/mol. The summed E-state index contributed by atoms with van der Waals surface area (Å²) >= 11 is 5.67. The second kappa shape index (κ2) is 5.27. The molecule has 1 aromatic carbocycles. The Labute approximate surface area is 111 Å². The van der Waals surface area contributed by atoms with Crippen molar-refractivity contribution in [3.8, 4) is 0 Å². The van der Waals surface area contributed by atoms with E-state index in [0.29, 0.717) is 17.2 Å². The highest BCUT2D eigenvalue weighted by atomic mass is 35.5. The summed E-state index contributed by atoms with van der Waals surface area (Å²) in [5.41, 5.74) is -0.886. The van der Waals surface area contributed by atoms with Gasteiger partial charge in [0.2, 0.25) is 0 Å². The van der Waals surface area contributed by atoms with Crippen LogP contribution in [0.3, 0.4) is 0 Å². The molecule has 2 rings (SSSR count). The van der Waals surface area contributed by atoms with E-state index >= 15 is 0 Å². The highest BCUT2D eigenvalue weighted by molar-refractivity contribution is 6.30. The largest absolute Gasteiger partial charge is 0.306 e. The van der Waals surface area contributed by atoms with Gasteiger partial charge in [-0.1, -0.05) is 11.6 Å². The standard InChI is InChI=1S/C12H6ClF3N2O/c13-6-1-2-17-10(3-6)18-12(19)11-8(15)4-7(14)5-9(11)16/h1-5H,(H,17,18,19). The molecule has 0 radical (unpaired) electrons. The Morgan fingerprint density at radius 1 is 1.16 bits per heavy atom. The zero-order valence-corrected chi connectivity index (χ0v) is 10.0. The van der Waals surface area contributed by atoms with Gasteiger partial charge in [-0.05, 0) is 12.1 Å². The van der Waals surface area contributed by atoms with Gasteiger partial charge in [-0.3, -0.25) is 4.79 Å². The third kappa shape index (κ3) is 3.03. The average molecular weight is 287 g/mol. The number of rotatable bonds is 2. The van der Waals surface area contributed by atoms with Crippen molar-refractivity contribution in [3.05, 3.63) is 58.5 Å². The number of benzene rings is 1. The molecule has 7 heteroatoms. The van der Waals surface area contributed by atoms with Gasteiger partial charge in [0, 0.05) is 23.4 Å². The maximum absolute atomic E-state index is 13.4. The van der Waals surface area contributed by atoms with Crippen LogP contribution < -0.4 is 5.32 Å². The molecular formula is C12H6ClF3N2O. The number of anilines is 1. The number of halogens is 4. The molecule has 0 aliphatic rings. The van der Waals surface area contributed by atoms with E-state index in [2.05, 4.69) is 10.3 Å². The minimum atomic E-state index is -1.29. The second-order valence-corrected chi connectivity index (χ2v) is 3.99. The van der Waals surface area contributed by atoms with Crippen LogP contribution >= 0.6 is 11.6 Å². The molecule has 0 aliphatic carbocycles. The number of hydrogen-bond acceptors (Lipinski definition) is 2. The summed E-state index contributed by atoms with van der Waals surface area (Å²) in [6.07, 6.45) is 1.31. The molecule has 1 N–H and O–H groups in total. The molecule has 1 aromatic heterocycles. The van der Waals surface area contributed by atoms with Crippen LogP contribution in [-0.4, -0.2) is 10.9 Å². The Bertz CT molecular complexity index is 626. The van der Waals surface area contributed by atoms with Gasteiger partial charge < -0.3 is 5.32 Å². The van der Waals surface area contributed by atoms with Crippen LogP contribution in [0, 0.1) is 17.5 Å². The number of aromatic nitrogens is 1. The van der Waals surface area contributed by atoms with Crippen LogP contribution in [0.5, 0.6) is 0 Å². The fourth-order valence-electron chi connectivity index (χ4n) is 1.41. The normalized spacial score (nSPS) is 10.3. The summed E-state index contributed by atoms with van der Waals surface area (Å²) in [6, 6.07) is 3.61. The third-order valence-corrected chi connectivity index (χ3v) is 2.43. The van der Waals surface area contributed by atoms with E-state index in [4.69, 9.17) is 11.6 Å². The van der Waals surface area contributed by atoms with Gasteiger partial charge in [0.15, 0.2) is 0 Å². The van der Waals surface area contributed by atoms with Crippen molar-refractivity contribution in [2.45, 2.75) is 0 Å². The molecule has 0 spiro atoms. The predicted molar refractivity (Wildman–Crippen MR) is 63.5 cm³/mol. The van der Waals surface area contributed by atoms with Crippen molar-refractivity contribution in [1.82, 2.24) is 4.98 Å². The highest BCUT2D eigenvalue weighted by Crippen LogP contribution is 2.17. The van der Waals surface area contributed by atoms with Gasteiger partial charge >= 0.3 is 0 Å². The first-order chi connectivity index (χ1) is 8.97. The Balaban J connectivity index is 2.31. The SMILES string of the molecule is O=C(Nc1cc(Cl)ccn1)c1c(F)cc(F)cc1F. The molecule has 0 aliphatic heterocycles. The molecule has 0 saturated heterocycles. The lowest BCUT2D eigenvalue weighted by molar-refractivity contribution is 0.101. The van der Waals surface area contributed by atoms with Gasteiger partial charge in [0.1, 0.15) is 28.8 Å². The lowest BCUT2D eigenvalue weighted by atomic mass is 10.2. The Morgan fingerprint density at radius 2 is 1.79 bits per heavy atom. The molecule has 0 fully saturated rings. The van der Waals surface area contributed by atoms with E-state index in [1.165, 1.54) is 18.3 Å². The number of hydrogen-bond donors (Lipinski definition) is 1. The Morgan fingerprint density at radius 3 is 2.37 bits per heavy atom. The molecule has 1 amide bonds. The first-order valence-corrected chi connectivity index (χ1v) is 5.42. The summed E-state index contributed by atoms with van der Waals surface area (Å²) in [6.45, 7) is 0. The van der Waals surface area contributed by atoms with Gasteiger partial charge in [-0.2, -0.15) is 0 Å². The summed E-state index contributed by atoms with van der Waals surface area (Å²) < 4.78 is 39.4. The van der Waals surface area contributed by atoms with Crippen molar-refractivity contribution in [1.29, 1.82) is 0 Å². The topological polar surface area (TPSA) is 42.0 Å². The molecule has 0 unspecified atom stereocenters. The molecule has 3 nitrogen and oxygen atoms in total. The maximum atomic E-state index is 13.4. The van der Waals surface area contributed by atoms with E-state index in [1.807, 2.05) is 0 Å². The van der Waals surface area contributed by atoms with E-state index in [0.717, 1.165) is 0 Å². The van der Waals surface area contributed by atoms with Crippen LogP contribution in [-0.2, 0) is 0 Å². The molecule has 0 bridgehead atoms. The van der Waals surface area contributed by atoms with Crippen LogP contribution in [0.25, 0.3) is 0 Å². The van der Waals surface area contributed by atoms with E-state index in [-0.39, 0.29) is 5.82 Å². The first kappa shape index (κ1) is 13.4. The first-order valence-electron chi connectivity index (χ1n) is 5.05. The van der Waals surface area contributed by atoms with Gasteiger partial charge in [0.05, 0.1) is 0 Å². The number of nitrogens with one attached hydrogen (secondary N) is 1. The number of pyridine rings is 1. The maximum Gasteiger partial charge on any atom is 0.262 e. The fourth-order valence-corrected chi connectivity index (χ4v) is 1.57. The Hall–Kier alpha value is -2.08. The minimum Gasteiger partial charge on any atom is -0.306 e. The van der Waals surface area contributed by atoms with Crippen molar-refractivity contribution in [3.63, 3.8) is 0 Å². The van der Waals surface area contributed by atoms with Crippen molar-refractivity contribution >= 4 is 23.3 Å². The lowest BCUT2D eigenvalue weighted by Gasteiger charge is -2.06. The minimum absolute atomic E-state index is 0.0284. The highest BCUT2D eigenvalue weighted by Gasteiger charge is 2.19. The second-order valence-electron chi connectivity index (χ2n) is 3.56. The average Bonchev–Trinajstić information content (AvgIpc) is 2.27. The smallest absolute Gasteiger partial charge is 0.262 e. The number of carbonyl (C=O) groups is 1. The molecule has 0 atom stereocenters. The Kier molecular flexibility index (Phi) is 3.71. The molecular weight excluding hydrogens is 281 g/mol. The summed E-state index contributed by atoms with van der Waals surface area (Å²) in [7, 11) is 0. The molecule has 98 valence electrons. The summed E-state index contributed by atoms with van der Waals surface area (Å²) in [5.74, 6) is -4.74. The van der Waals surface area contributed by atoms with Gasteiger partial charge in [-0.15, -0.1) is 0 Å². The van der Waals surface area contributed by atoms with Crippen LogP contribution in [0.2, 0.25) is 5.02 Å². The van der Waals surface area contributed by atoms with Crippen molar-refractivity contribution < 1.29 is 18.0 Å². The van der Waals surface area contributed by atoms with Gasteiger partial charge in [-0.25, -0.2) is 18.2 Å². The van der Waals surface area contributed by atoms with E-state index in [1.54, 1.807) is 0 Å². The third-order valence-electron chi connectivity index (χ3n) is 2.20. The van der Waals surface area contributed by atoms with E-state index in [9.17, 15) is 18.0 Å². The summed E-state index contributed by atoms with van der Waals surface area (Å²) in [5, 5.41) is 2.46. The molecule has 19 heavy (non-hydrogen) atoms. The zero-order valence-electron chi connectivity index (χ0n) is 9.25. The number of nitrogens with zero attached hydrogens (tertiary/aromatic N) is 1. The summed E-state index contributed by atoms with van der Waals surface area (Å²) in [4.78, 5) is 15.4. The van der Waals surface area contributed by atoms with Crippen molar-refractivity contribution in [2.24, 2.45) is 0 Å². The van der Waals surface area contributed by atoms with Crippen LogP contribution in [0.1, 0.15) is 10.4 Å². The van der Waals surface area contributed by atoms with E-state index < -0.39 is 28.9 Å².